The SMILES string of the molecule is COCC(=O)Nc1cc(N2C(=S)N[C@H](c3ccccn3)[C@H]2c2cc(C)n(-c3ccc(N(C)C)cc3)c2C)ccc1OC. The lowest BCUT2D eigenvalue weighted by Gasteiger charge is -2.29. The molecule has 1 fully saturated rings. The van der Waals surface area contributed by atoms with Gasteiger partial charge >= 0.3 is 0 Å². The highest BCUT2D eigenvalue weighted by atomic mass is 32.1. The number of amides is 1. The molecular formula is C32H36N6O3S. The number of hydrogen-bond acceptors (Lipinski definition) is 6. The number of methoxy groups -OCH3 is 2. The molecule has 1 aliphatic heterocycles. The molecule has 0 unspecified atom stereocenters. The van der Waals surface area contributed by atoms with E-state index >= 15 is 0 Å². The maximum atomic E-state index is 12.4. The fourth-order valence-corrected chi connectivity index (χ4v) is 5.94. The van der Waals surface area contributed by atoms with Gasteiger partial charge in [0.25, 0.3) is 0 Å². The quantitative estimate of drug-likeness (QED) is 0.256. The van der Waals surface area contributed by atoms with Crippen molar-refractivity contribution < 1.29 is 14.3 Å². The number of aryl methyl sites for hydroxylation is 1. The number of carbonyl (C=O) groups excluding carboxylic acids is 1. The summed E-state index contributed by atoms with van der Waals surface area (Å²) in [6.45, 7) is 4.19. The predicted octanol–water partition coefficient (Wildman–Crippen LogP) is 5.33. The summed E-state index contributed by atoms with van der Waals surface area (Å²) in [7, 11) is 7.13. The molecule has 1 amide bonds. The average molecular weight is 585 g/mol. The third-order valence-electron chi connectivity index (χ3n) is 7.52. The zero-order valence-electron chi connectivity index (χ0n) is 24.7. The van der Waals surface area contributed by atoms with Crippen molar-refractivity contribution in [3.8, 4) is 11.4 Å². The largest absolute Gasteiger partial charge is 0.495 e. The van der Waals surface area contributed by atoms with Crippen molar-refractivity contribution in [2.75, 3.05) is 50.0 Å². The van der Waals surface area contributed by atoms with Crippen LogP contribution in [-0.4, -0.2) is 55.5 Å². The summed E-state index contributed by atoms with van der Waals surface area (Å²) in [6, 6.07) is 21.9. The van der Waals surface area contributed by atoms with Crippen LogP contribution in [0, 0.1) is 13.8 Å². The van der Waals surface area contributed by atoms with Gasteiger partial charge < -0.3 is 34.5 Å². The maximum Gasteiger partial charge on any atom is 0.250 e. The number of ether oxygens (including phenoxy) is 2. The van der Waals surface area contributed by atoms with E-state index in [0.29, 0.717) is 16.5 Å². The summed E-state index contributed by atoms with van der Waals surface area (Å²) >= 11 is 5.96. The minimum Gasteiger partial charge on any atom is -0.495 e. The summed E-state index contributed by atoms with van der Waals surface area (Å²) in [5, 5.41) is 7.00. The second-order valence-electron chi connectivity index (χ2n) is 10.4. The van der Waals surface area contributed by atoms with E-state index in [1.165, 1.54) is 7.11 Å². The van der Waals surface area contributed by atoms with E-state index in [1.807, 2.05) is 50.5 Å². The van der Waals surface area contributed by atoms with E-state index in [2.05, 4.69) is 69.2 Å². The summed E-state index contributed by atoms with van der Waals surface area (Å²) in [6.07, 6.45) is 1.80. The fraction of sp³-hybridized carbons (Fsp3) is 0.281. The van der Waals surface area contributed by atoms with Gasteiger partial charge in [-0.05, 0) is 92.3 Å². The Morgan fingerprint density at radius 2 is 1.79 bits per heavy atom. The molecule has 0 aliphatic carbocycles. The fourth-order valence-electron chi connectivity index (χ4n) is 5.59. The molecule has 10 heteroatoms. The van der Waals surface area contributed by atoms with Crippen molar-refractivity contribution in [2.45, 2.75) is 25.9 Å². The minimum absolute atomic E-state index is 0.0665. The number of thiocarbonyl (C=S) groups is 1. The van der Waals surface area contributed by atoms with Gasteiger partial charge in [-0.25, -0.2) is 0 Å². The summed E-state index contributed by atoms with van der Waals surface area (Å²) < 4.78 is 12.8. The van der Waals surface area contributed by atoms with Gasteiger partial charge in [-0.15, -0.1) is 0 Å². The highest BCUT2D eigenvalue weighted by Gasteiger charge is 2.42. The smallest absolute Gasteiger partial charge is 0.250 e. The van der Waals surface area contributed by atoms with E-state index in [9.17, 15) is 4.79 Å². The zero-order valence-corrected chi connectivity index (χ0v) is 25.5. The van der Waals surface area contributed by atoms with Gasteiger partial charge in [-0.1, -0.05) is 6.07 Å². The van der Waals surface area contributed by atoms with Crippen molar-refractivity contribution in [3.05, 3.63) is 95.6 Å². The molecule has 2 N–H and O–H groups in total. The monoisotopic (exact) mass is 584 g/mol. The Morgan fingerprint density at radius 1 is 1.05 bits per heavy atom. The van der Waals surface area contributed by atoms with Gasteiger partial charge in [0.2, 0.25) is 5.91 Å². The number of pyridine rings is 1. The van der Waals surface area contributed by atoms with Crippen LogP contribution in [0.5, 0.6) is 5.75 Å². The Kier molecular flexibility index (Phi) is 8.46. The minimum atomic E-state index is -0.276. The first-order valence-electron chi connectivity index (χ1n) is 13.7. The first-order chi connectivity index (χ1) is 20.2. The van der Waals surface area contributed by atoms with Crippen LogP contribution in [0.15, 0.2) is 72.9 Å². The Labute approximate surface area is 252 Å². The Hall–Kier alpha value is -4.41. The van der Waals surface area contributed by atoms with Crippen LogP contribution in [0.4, 0.5) is 17.1 Å². The predicted molar refractivity (Wildman–Crippen MR) is 171 cm³/mol. The van der Waals surface area contributed by atoms with E-state index in [1.54, 1.807) is 13.3 Å². The molecule has 0 saturated carbocycles. The standard InChI is InChI=1S/C32H36N6O3S/c1-20-17-25(21(2)37(20)23-12-10-22(11-13-23)36(3)4)31-30(26-9-7-8-16-33-26)35-32(42)38(31)24-14-15-28(41-6)27(18-24)34-29(39)19-40-5/h7-18,30-31H,19H2,1-6H3,(H,34,39)(H,35,42)/t30-,31-/m1/s1. The normalized spacial score (nSPS) is 16.3. The molecule has 2 aromatic heterocycles. The van der Waals surface area contributed by atoms with Gasteiger partial charge in [0.1, 0.15) is 12.4 Å². The second-order valence-corrected chi connectivity index (χ2v) is 10.8. The summed E-state index contributed by atoms with van der Waals surface area (Å²) in [4.78, 5) is 21.3. The number of rotatable bonds is 9. The van der Waals surface area contributed by atoms with E-state index in [4.69, 9.17) is 26.7 Å². The molecule has 1 saturated heterocycles. The Bertz CT molecular complexity index is 1590. The molecule has 2 atom stereocenters. The zero-order chi connectivity index (χ0) is 30.0. The number of hydrogen-bond donors (Lipinski definition) is 2. The lowest BCUT2D eigenvalue weighted by atomic mass is 9.96. The van der Waals surface area contributed by atoms with Gasteiger partial charge in [0, 0.05) is 55.9 Å². The molecule has 1 aliphatic rings. The van der Waals surface area contributed by atoms with Crippen LogP contribution in [0.25, 0.3) is 5.69 Å². The molecule has 3 heterocycles. The molecule has 9 nitrogen and oxygen atoms in total. The number of aromatic nitrogens is 2. The van der Waals surface area contributed by atoms with Gasteiger partial charge in [0.15, 0.2) is 5.11 Å². The highest BCUT2D eigenvalue weighted by Crippen LogP contribution is 2.45. The van der Waals surface area contributed by atoms with E-state index in [-0.39, 0.29) is 24.6 Å². The number of anilines is 3. The molecule has 5 rings (SSSR count). The van der Waals surface area contributed by atoms with Crippen molar-refractivity contribution in [2.24, 2.45) is 0 Å². The number of nitrogens with one attached hydrogen (secondary N) is 2. The number of nitrogens with zero attached hydrogens (tertiary/aromatic N) is 4. The third-order valence-corrected chi connectivity index (χ3v) is 7.84. The number of benzene rings is 2. The summed E-state index contributed by atoms with van der Waals surface area (Å²) in [5.74, 6) is 0.264. The molecule has 218 valence electrons. The molecular weight excluding hydrogens is 548 g/mol. The second kappa shape index (κ2) is 12.2. The molecule has 4 aromatic rings. The van der Waals surface area contributed by atoms with Gasteiger partial charge in [-0.3, -0.25) is 9.78 Å². The van der Waals surface area contributed by atoms with Crippen molar-refractivity contribution in [1.29, 1.82) is 0 Å². The average Bonchev–Trinajstić information content (AvgIpc) is 3.48. The van der Waals surface area contributed by atoms with Crippen LogP contribution in [0.3, 0.4) is 0 Å². The van der Waals surface area contributed by atoms with Gasteiger partial charge in [0.05, 0.1) is 30.6 Å². The van der Waals surface area contributed by atoms with Crippen molar-refractivity contribution >= 4 is 40.3 Å². The third kappa shape index (κ3) is 5.55. The Morgan fingerprint density at radius 3 is 2.43 bits per heavy atom. The molecule has 42 heavy (non-hydrogen) atoms. The molecule has 0 bridgehead atoms. The van der Waals surface area contributed by atoms with Crippen LogP contribution < -0.4 is 25.2 Å². The van der Waals surface area contributed by atoms with Crippen molar-refractivity contribution in [1.82, 2.24) is 14.9 Å². The Balaban J connectivity index is 1.63. The molecule has 0 spiro atoms. The van der Waals surface area contributed by atoms with Crippen LogP contribution in [-0.2, 0) is 9.53 Å². The lowest BCUT2D eigenvalue weighted by molar-refractivity contribution is -0.119. The maximum absolute atomic E-state index is 12.4. The van der Waals surface area contributed by atoms with Gasteiger partial charge in [-0.2, -0.15) is 0 Å². The molecule has 0 radical (unpaired) electrons. The number of carbonyl (C=O) groups is 1. The van der Waals surface area contributed by atoms with Crippen LogP contribution in [0.2, 0.25) is 0 Å². The summed E-state index contributed by atoms with van der Waals surface area (Å²) in [5.41, 5.74) is 7.79. The van der Waals surface area contributed by atoms with Crippen molar-refractivity contribution in [3.63, 3.8) is 0 Å². The van der Waals surface area contributed by atoms with E-state index in [0.717, 1.165) is 39.7 Å². The first-order valence-corrected chi connectivity index (χ1v) is 14.1. The molecule has 2 aromatic carbocycles. The topological polar surface area (TPSA) is 83.9 Å². The first kappa shape index (κ1) is 29.1. The van der Waals surface area contributed by atoms with Crippen LogP contribution >= 0.6 is 12.2 Å². The van der Waals surface area contributed by atoms with Crippen LogP contribution in [0.1, 0.15) is 34.7 Å². The van der Waals surface area contributed by atoms with E-state index < -0.39 is 0 Å². The highest BCUT2D eigenvalue weighted by molar-refractivity contribution is 7.80. The lowest BCUT2D eigenvalue weighted by Crippen LogP contribution is -2.29.